The summed E-state index contributed by atoms with van der Waals surface area (Å²) in [5, 5.41) is 12.6. The first-order valence-corrected chi connectivity index (χ1v) is 8.48. The van der Waals surface area contributed by atoms with E-state index in [1.165, 1.54) is 7.11 Å². The van der Waals surface area contributed by atoms with Crippen molar-refractivity contribution in [3.63, 3.8) is 0 Å². The van der Waals surface area contributed by atoms with Crippen LogP contribution >= 0.6 is 0 Å². The maximum absolute atomic E-state index is 12.6. The van der Waals surface area contributed by atoms with Crippen molar-refractivity contribution in [1.82, 2.24) is 10.3 Å². The topological polar surface area (TPSA) is 108 Å². The van der Waals surface area contributed by atoms with E-state index >= 15 is 0 Å². The van der Waals surface area contributed by atoms with E-state index in [0.717, 1.165) is 16.5 Å². The van der Waals surface area contributed by atoms with Gasteiger partial charge in [0.1, 0.15) is 6.04 Å². The van der Waals surface area contributed by atoms with Gasteiger partial charge in [-0.1, -0.05) is 32.0 Å². The van der Waals surface area contributed by atoms with Crippen molar-refractivity contribution in [2.45, 2.75) is 32.7 Å². The molecule has 0 aliphatic heterocycles. The number of carboxylic acids is 1. The molecule has 7 heteroatoms. The van der Waals surface area contributed by atoms with Gasteiger partial charge in [-0.25, -0.2) is 4.79 Å². The Morgan fingerprint density at radius 1 is 1.23 bits per heavy atom. The molecule has 1 aromatic heterocycles. The third kappa shape index (κ3) is 4.62. The molecule has 26 heavy (non-hydrogen) atoms. The second kappa shape index (κ2) is 8.51. The van der Waals surface area contributed by atoms with Gasteiger partial charge in [-0.2, -0.15) is 0 Å². The average Bonchev–Trinajstić information content (AvgIpc) is 3.01. The van der Waals surface area contributed by atoms with Crippen LogP contribution in [0.25, 0.3) is 10.9 Å². The maximum Gasteiger partial charge on any atom is 0.328 e. The van der Waals surface area contributed by atoms with E-state index in [-0.39, 0.29) is 18.8 Å². The SMILES string of the molecule is COC(=O)[C@H](Cc1c[nH]c2ccccc12)NC(=O)C(CC(=O)O)C(C)C. The lowest BCUT2D eigenvalue weighted by atomic mass is 9.91. The van der Waals surface area contributed by atoms with Gasteiger partial charge in [0.2, 0.25) is 5.91 Å². The Morgan fingerprint density at radius 3 is 2.54 bits per heavy atom. The summed E-state index contributed by atoms with van der Waals surface area (Å²) in [6.45, 7) is 3.56. The van der Waals surface area contributed by atoms with Crippen LogP contribution in [0, 0.1) is 11.8 Å². The Balaban J connectivity index is 2.20. The fourth-order valence-corrected chi connectivity index (χ4v) is 2.95. The smallest absolute Gasteiger partial charge is 0.328 e. The monoisotopic (exact) mass is 360 g/mol. The Hall–Kier alpha value is -2.83. The molecule has 2 aromatic rings. The molecule has 2 rings (SSSR count). The third-order valence-corrected chi connectivity index (χ3v) is 4.44. The van der Waals surface area contributed by atoms with Crippen molar-refractivity contribution < 1.29 is 24.2 Å². The quantitative estimate of drug-likeness (QED) is 0.625. The first-order valence-electron chi connectivity index (χ1n) is 8.48. The number of ether oxygens (including phenoxy) is 1. The van der Waals surface area contributed by atoms with E-state index in [0.29, 0.717) is 0 Å². The molecule has 1 unspecified atom stereocenters. The van der Waals surface area contributed by atoms with Crippen LogP contribution in [0.15, 0.2) is 30.5 Å². The van der Waals surface area contributed by atoms with E-state index < -0.39 is 29.8 Å². The van der Waals surface area contributed by atoms with Gasteiger partial charge in [-0.15, -0.1) is 0 Å². The minimum absolute atomic E-state index is 0.169. The van der Waals surface area contributed by atoms with Crippen LogP contribution in [-0.4, -0.2) is 41.1 Å². The number of benzene rings is 1. The van der Waals surface area contributed by atoms with Crippen molar-refractivity contribution in [2.75, 3.05) is 7.11 Å². The highest BCUT2D eigenvalue weighted by Gasteiger charge is 2.30. The van der Waals surface area contributed by atoms with Crippen LogP contribution in [0.3, 0.4) is 0 Å². The number of aliphatic carboxylic acids is 1. The number of aromatic nitrogens is 1. The van der Waals surface area contributed by atoms with Crippen molar-refractivity contribution in [3.8, 4) is 0 Å². The van der Waals surface area contributed by atoms with Crippen molar-refractivity contribution in [1.29, 1.82) is 0 Å². The second-order valence-corrected chi connectivity index (χ2v) is 6.60. The number of para-hydroxylation sites is 1. The summed E-state index contributed by atoms with van der Waals surface area (Å²) in [5.74, 6) is -2.97. The number of H-pyrrole nitrogens is 1. The van der Waals surface area contributed by atoms with Gasteiger partial charge in [0.05, 0.1) is 19.4 Å². The molecule has 0 saturated carbocycles. The zero-order chi connectivity index (χ0) is 19.3. The number of hydrogen-bond acceptors (Lipinski definition) is 4. The first kappa shape index (κ1) is 19.5. The molecule has 3 N–H and O–H groups in total. The molecule has 0 bridgehead atoms. The molecule has 2 atom stereocenters. The number of carbonyl (C=O) groups is 3. The molecule has 140 valence electrons. The van der Waals surface area contributed by atoms with Crippen molar-refractivity contribution in [3.05, 3.63) is 36.0 Å². The standard InChI is InChI=1S/C19H24N2O5/c1-11(2)14(9-17(22)23)18(24)21-16(19(25)26-3)8-12-10-20-15-7-5-4-6-13(12)15/h4-7,10-11,14,16,20H,8-9H2,1-3H3,(H,21,24)(H,22,23)/t14?,16-/m0/s1. The Labute approximate surface area is 151 Å². The molecule has 0 spiro atoms. The van der Waals surface area contributed by atoms with Crippen molar-refractivity contribution >= 4 is 28.7 Å². The molecule has 0 saturated heterocycles. The average molecular weight is 360 g/mol. The van der Waals surface area contributed by atoms with Gasteiger partial charge in [0.25, 0.3) is 0 Å². The summed E-state index contributed by atoms with van der Waals surface area (Å²) in [6, 6.07) is 6.76. The maximum atomic E-state index is 12.6. The number of methoxy groups -OCH3 is 1. The lowest BCUT2D eigenvalue weighted by molar-refractivity contribution is -0.146. The molecule has 1 aromatic carbocycles. The Morgan fingerprint density at radius 2 is 1.92 bits per heavy atom. The summed E-state index contributed by atoms with van der Waals surface area (Å²) < 4.78 is 4.82. The highest BCUT2D eigenvalue weighted by atomic mass is 16.5. The number of carbonyl (C=O) groups excluding carboxylic acids is 2. The number of fused-ring (bicyclic) bond motifs is 1. The lowest BCUT2D eigenvalue weighted by Gasteiger charge is -2.22. The van der Waals surface area contributed by atoms with Crippen LogP contribution in [0.2, 0.25) is 0 Å². The highest BCUT2D eigenvalue weighted by molar-refractivity contribution is 5.89. The minimum atomic E-state index is -1.05. The zero-order valence-electron chi connectivity index (χ0n) is 15.1. The number of carboxylic acid groups (broad SMARTS) is 1. The van der Waals surface area contributed by atoms with Gasteiger partial charge >= 0.3 is 11.9 Å². The number of aromatic amines is 1. The van der Waals surface area contributed by atoms with Gasteiger partial charge < -0.3 is 20.1 Å². The largest absolute Gasteiger partial charge is 0.481 e. The van der Waals surface area contributed by atoms with Gasteiger partial charge in [-0.05, 0) is 17.5 Å². The van der Waals surface area contributed by atoms with E-state index in [2.05, 4.69) is 10.3 Å². The van der Waals surface area contributed by atoms with Crippen molar-refractivity contribution in [2.24, 2.45) is 11.8 Å². The van der Waals surface area contributed by atoms with Crippen LogP contribution in [0.4, 0.5) is 0 Å². The summed E-state index contributed by atoms with van der Waals surface area (Å²) in [4.78, 5) is 38.9. The van der Waals surface area contributed by atoms with E-state index in [4.69, 9.17) is 9.84 Å². The first-order chi connectivity index (χ1) is 12.3. The predicted octanol–water partition coefficient (Wildman–Crippen LogP) is 2.12. The number of esters is 1. The molecular weight excluding hydrogens is 336 g/mol. The number of rotatable bonds is 8. The van der Waals surface area contributed by atoms with E-state index in [9.17, 15) is 14.4 Å². The molecule has 1 amide bonds. The normalized spacial score (nSPS) is 13.4. The number of nitrogens with one attached hydrogen (secondary N) is 2. The third-order valence-electron chi connectivity index (χ3n) is 4.44. The van der Waals surface area contributed by atoms with E-state index in [1.54, 1.807) is 20.0 Å². The Kier molecular flexibility index (Phi) is 6.38. The summed E-state index contributed by atoms with van der Waals surface area (Å²) >= 11 is 0. The fraction of sp³-hybridized carbons (Fsp3) is 0.421. The van der Waals surface area contributed by atoms with Gasteiger partial charge in [-0.3, -0.25) is 9.59 Å². The molecule has 7 nitrogen and oxygen atoms in total. The predicted molar refractivity (Wildman–Crippen MR) is 96.5 cm³/mol. The Bertz CT molecular complexity index is 796. The molecule has 0 aliphatic carbocycles. The van der Waals surface area contributed by atoms with Crippen LogP contribution in [-0.2, 0) is 25.5 Å². The van der Waals surface area contributed by atoms with Gasteiger partial charge in [0.15, 0.2) is 0 Å². The molecule has 0 radical (unpaired) electrons. The zero-order valence-corrected chi connectivity index (χ0v) is 15.1. The second-order valence-electron chi connectivity index (χ2n) is 6.60. The van der Waals surface area contributed by atoms with Gasteiger partial charge in [0, 0.05) is 23.5 Å². The van der Waals surface area contributed by atoms with Crippen LogP contribution < -0.4 is 5.32 Å². The summed E-state index contributed by atoms with van der Waals surface area (Å²) in [7, 11) is 1.26. The highest BCUT2D eigenvalue weighted by Crippen LogP contribution is 2.20. The van der Waals surface area contributed by atoms with Crippen LogP contribution in [0.5, 0.6) is 0 Å². The fourth-order valence-electron chi connectivity index (χ4n) is 2.95. The number of amides is 1. The number of hydrogen-bond donors (Lipinski definition) is 3. The lowest BCUT2D eigenvalue weighted by Crippen LogP contribution is -2.46. The molecule has 0 fully saturated rings. The van der Waals surface area contributed by atoms with E-state index in [1.807, 2.05) is 24.3 Å². The summed E-state index contributed by atoms with van der Waals surface area (Å²) in [5.41, 5.74) is 1.80. The molecule has 1 heterocycles. The van der Waals surface area contributed by atoms with Crippen LogP contribution in [0.1, 0.15) is 25.8 Å². The molecular formula is C19H24N2O5. The molecule has 0 aliphatic rings. The summed E-state index contributed by atoms with van der Waals surface area (Å²) in [6.07, 6.45) is 1.76. The minimum Gasteiger partial charge on any atom is -0.481 e.